The van der Waals surface area contributed by atoms with Gasteiger partial charge < -0.3 is 5.32 Å². The summed E-state index contributed by atoms with van der Waals surface area (Å²) in [6.45, 7) is 2.02. The summed E-state index contributed by atoms with van der Waals surface area (Å²) in [5, 5.41) is 3.75. The molecule has 3 aromatic carbocycles. The van der Waals surface area contributed by atoms with E-state index in [0.29, 0.717) is 17.0 Å². The molecule has 1 N–H and O–H groups in total. The number of benzene rings is 3. The van der Waals surface area contributed by atoms with Crippen molar-refractivity contribution in [2.24, 2.45) is 0 Å². The molecule has 0 aliphatic carbocycles. The molecule has 0 bridgehead atoms. The van der Waals surface area contributed by atoms with Crippen molar-refractivity contribution in [3.8, 4) is 0 Å². The quantitative estimate of drug-likeness (QED) is 0.372. The summed E-state index contributed by atoms with van der Waals surface area (Å²) in [7, 11) is 0. The highest BCUT2D eigenvalue weighted by Crippen LogP contribution is 2.34. The maximum atomic E-state index is 13.0. The van der Waals surface area contributed by atoms with Crippen LogP contribution < -0.4 is 5.32 Å². The fourth-order valence-electron chi connectivity index (χ4n) is 3.30. The Balaban J connectivity index is 1.65. The number of hydrogen-bond donors (Lipinski definition) is 1. The molecule has 1 heterocycles. The number of thiophene rings is 1. The van der Waals surface area contributed by atoms with Crippen LogP contribution in [0.2, 0.25) is 0 Å². The van der Waals surface area contributed by atoms with Crippen LogP contribution in [0.4, 0.5) is 18.9 Å². The van der Waals surface area contributed by atoms with Gasteiger partial charge in [-0.1, -0.05) is 48.0 Å². The second-order valence-corrected chi connectivity index (χ2v) is 8.15. The molecule has 1 amide bonds. The number of amides is 1. The van der Waals surface area contributed by atoms with E-state index in [1.165, 1.54) is 23.5 Å². The lowest BCUT2D eigenvalue weighted by Gasteiger charge is -2.09. The Kier molecular flexibility index (Phi) is 5.35. The molecule has 0 aliphatic rings. The van der Waals surface area contributed by atoms with E-state index < -0.39 is 11.7 Å². The highest BCUT2D eigenvalue weighted by Gasteiger charge is 2.30. The van der Waals surface area contributed by atoms with E-state index in [4.69, 9.17) is 0 Å². The molecule has 1 aromatic heterocycles. The lowest BCUT2D eigenvalue weighted by molar-refractivity contribution is -0.137. The van der Waals surface area contributed by atoms with Crippen molar-refractivity contribution in [1.29, 1.82) is 0 Å². The maximum absolute atomic E-state index is 13.0. The topological polar surface area (TPSA) is 29.1 Å². The third-order valence-corrected chi connectivity index (χ3v) is 6.09. The summed E-state index contributed by atoms with van der Waals surface area (Å²) in [6, 6.07) is 20.4. The molecule has 0 fully saturated rings. The van der Waals surface area contributed by atoms with Gasteiger partial charge in [0.15, 0.2) is 0 Å². The van der Waals surface area contributed by atoms with Crippen LogP contribution in [0.1, 0.15) is 31.9 Å². The van der Waals surface area contributed by atoms with Gasteiger partial charge in [-0.05, 0) is 60.2 Å². The summed E-state index contributed by atoms with van der Waals surface area (Å²) in [5.41, 5.74) is 2.75. The number of carbonyl (C=O) groups excluding carboxylic acids is 1. The number of halogens is 3. The average molecular weight is 425 g/mol. The van der Waals surface area contributed by atoms with Crippen molar-refractivity contribution in [3.05, 3.63) is 99.9 Å². The molecule has 0 spiro atoms. The van der Waals surface area contributed by atoms with Gasteiger partial charge in [-0.15, -0.1) is 11.3 Å². The lowest BCUT2D eigenvalue weighted by atomic mass is 10.0. The van der Waals surface area contributed by atoms with Crippen molar-refractivity contribution in [2.45, 2.75) is 19.5 Å². The molecule has 30 heavy (non-hydrogen) atoms. The van der Waals surface area contributed by atoms with Gasteiger partial charge >= 0.3 is 6.18 Å². The molecule has 0 saturated carbocycles. The molecular formula is C24H18F3NOS. The normalized spacial score (nSPS) is 11.6. The minimum absolute atomic E-state index is 0.321. The smallest absolute Gasteiger partial charge is 0.321 e. The molecule has 0 aliphatic heterocycles. The van der Waals surface area contributed by atoms with Crippen LogP contribution in [0, 0.1) is 6.92 Å². The standard InChI is InChI=1S/C24H18F3NOS/c1-15-6-8-16(9-7-15)14-20-19-4-2-3-5-21(19)30-22(20)23(29)28-18-12-10-17(11-13-18)24(25,26)27/h2-13H,14H2,1H3,(H,28,29). The van der Waals surface area contributed by atoms with Crippen LogP contribution >= 0.6 is 11.3 Å². The zero-order valence-corrected chi connectivity index (χ0v) is 16.9. The number of rotatable bonds is 4. The second-order valence-electron chi connectivity index (χ2n) is 7.10. The Morgan fingerprint density at radius 2 is 1.60 bits per heavy atom. The van der Waals surface area contributed by atoms with E-state index in [1.807, 2.05) is 55.5 Å². The highest BCUT2D eigenvalue weighted by atomic mass is 32.1. The third-order valence-electron chi connectivity index (χ3n) is 4.88. The van der Waals surface area contributed by atoms with Crippen LogP contribution in [-0.2, 0) is 12.6 Å². The monoisotopic (exact) mass is 425 g/mol. The van der Waals surface area contributed by atoms with E-state index in [1.54, 1.807) is 0 Å². The minimum atomic E-state index is -4.41. The van der Waals surface area contributed by atoms with Crippen molar-refractivity contribution in [2.75, 3.05) is 5.32 Å². The molecule has 0 saturated heterocycles. The predicted molar refractivity (Wildman–Crippen MR) is 115 cm³/mol. The first kappa shape index (κ1) is 20.2. The molecule has 4 aromatic rings. The first-order valence-corrected chi connectivity index (χ1v) is 10.2. The first-order valence-electron chi connectivity index (χ1n) is 9.36. The van der Waals surface area contributed by atoms with E-state index in [0.717, 1.165) is 38.9 Å². The average Bonchev–Trinajstić information content (AvgIpc) is 3.08. The number of anilines is 1. The fourth-order valence-corrected chi connectivity index (χ4v) is 4.41. The number of aryl methyl sites for hydroxylation is 1. The van der Waals surface area contributed by atoms with Crippen LogP contribution in [0.25, 0.3) is 10.1 Å². The molecule has 4 rings (SSSR count). The van der Waals surface area contributed by atoms with E-state index in [-0.39, 0.29) is 5.91 Å². The van der Waals surface area contributed by atoms with Crippen LogP contribution in [-0.4, -0.2) is 5.91 Å². The van der Waals surface area contributed by atoms with Crippen LogP contribution in [0.15, 0.2) is 72.8 Å². The molecular weight excluding hydrogens is 407 g/mol. The van der Waals surface area contributed by atoms with Crippen molar-refractivity contribution < 1.29 is 18.0 Å². The Morgan fingerprint density at radius 3 is 2.27 bits per heavy atom. The van der Waals surface area contributed by atoms with Gasteiger partial charge in [0.1, 0.15) is 0 Å². The summed E-state index contributed by atoms with van der Waals surface area (Å²) in [5.74, 6) is -0.321. The summed E-state index contributed by atoms with van der Waals surface area (Å²) < 4.78 is 39.3. The Hall–Kier alpha value is -3.12. The molecule has 0 atom stereocenters. The lowest BCUT2D eigenvalue weighted by Crippen LogP contribution is -2.13. The van der Waals surface area contributed by atoms with Gasteiger partial charge in [-0.3, -0.25) is 4.79 Å². The highest BCUT2D eigenvalue weighted by molar-refractivity contribution is 7.21. The second kappa shape index (κ2) is 7.95. The number of nitrogens with one attached hydrogen (secondary N) is 1. The van der Waals surface area contributed by atoms with Crippen molar-refractivity contribution in [1.82, 2.24) is 0 Å². The Morgan fingerprint density at radius 1 is 0.933 bits per heavy atom. The van der Waals surface area contributed by atoms with Gasteiger partial charge in [0.25, 0.3) is 5.91 Å². The number of carbonyl (C=O) groups is 1. The zero-order chi connectivity index (χ0) is 21.3. The Labute approximate surface area is 176 Å². The van der Waals surface area contributed by atoms with Gasteiger partial charge in [0.05, 0.1) is 10.4 Å². The molecule has 6 heteroatoms. The van der Waals surface area contributed by atoms with Gasteiger partial charge in [-0.25, -0.2) is 0 Å². The van der Waals surface area contributed by atoms with Gasteiger partial charge in [0.2, 0.25) is 0 Å². The number of alkyl halides is 3. The van der Waals surface area contributed by atoms with Crippen LogP contribution in [0.3, 0.4) is 0 Å². The van der Waals surface area contributed by atoms with Gasteiger partial charge in [0, 0.05) is 10.4 Å². The van der Waals surface area contributed by atoms with Crippen LogP contribution in [0.5, 0.6) is 0 Å². The van der Waals surface area contributed by atoms with Crippen molar-refractivity contribution >= 4 is 33.0 Å². The molecule has 2 nitrogen and oxygen atoms in total. The SMILES string of the molecule is Cc1ccc(Cc2c(C(=O)Nc3ccc(C(F)(F)F)cc3)sc3ccccc23)cc1. The van der Waals surface area contributed by atoms with E-state index in [9.17, 15) is 18.0 Å². The molecule has 0 radical (unpaired) electrons. The van der Waals surface area contributed by atoms with Crippen molar-refractivity contribution in [3.63, 3.8) is 0 Å². The predicted octanol–water partition coefficient (Wildman–Crippen LogP) is 7.07. The van der Waals surface area contributed by atoms with E-state index >= 15 is 0 Å². The molecule has 0 unspecified atom stereocenters. The van der Waals surface area contributed by atoms with Gasteiger partial charge in [-0.2, -0.15) is 13.2 Å². The molecule has 152 valence electrons. The van der Waals surface area contributed by atoms with E-state index in [2.05, 4.69) is 5.32 Å². The fraction of sp³-hybridized carbons (Fsp3) is 0.125. The maximum Gasteiger partial charge on any atom is 0.416 e. The third kappa shape index (κ3) is 4.24. The number of hydrogen-bond acceptors (Lipinski definition) is 2. The largest absolute Gasteiger partial charge is 0.416 e. The minimum Gasteiger partial charge on any atom is -0.321 e. The first-order chi connectivity index (χ1) is 14.3. The summed E-state index contributed by atoms with van der Waals surface area (Å²) >= 11 is 1.39. The Bertz CT molecular complexity index is 1190. The summed E-state index contributed by atoms with van der Waals surface area (Å²) in [4.78, 5) is 13.6. The zero-order valence-electron chi connectivity index (χ0n) is 16.1. The number of fused-ring (bicyclic) bond motifs is 1. The summed E-state index contributed by atoms with van der Waals surface area (Å²) in [6.07, 6.45) is -3.81.